The number of ether oxygens (including phenoxy) is 1. The Morgan fingerprint density at radius 1 is 1.21 bits per heavy atom. The van der Waals surface area contributed by atoms with Crippen LogP contribution >= 0.6 is 0 Å². The Hall–Kier alpha value is -1.10. The summed E-state index contributed by atoms with van der Waals surface area (Å²) in [7, 11) is 1.70. The summed E-state index contributed by atoms with van der Waals surface area (Å²) in [5.74, 6) is 0.113. The van der Waals surface area contributed by atoms with Crippen molar-refractivity contribution in [3.63, 3.8) is 0 Å². The molecule has 3 rings (SSSR count). The van der Waals surface area contributed by atoms with E-state index in [4.69, 9.17) is 4.74 Å². The second-order valence-corrected chi connectivity index (χ2v) is 6.04. The molecule has 1 spiro atoms. The first-order valence-corrected chi connectivity index (χ1v) is 7.31. The standard InChI is InChI=1S/C14H22N2O3/c1-19-11-6-4-5-10(11)16-9-12(17)15-14(13(16)18)7-2-3-8-14/h10-11H,2-9H2,1H3,(H,15,17). The molecule has 0 aromatic heterocycles. The molecule has 0 bridgehead atoms. The molecule has 2 unspecified atom stereocenters. The summed E-state index contributed by atoms with van der Waals surface area (Å²) in [4.78, 5) is 26.6. The van der Waals surface area contributed by atoms with Crippen molar-refractivity contribution in [3.8, 4) is 0 Å². The van der Waals surface area contributed by atoms with Gasteiger partial charge in [0.25, 0.3) is 0 Å². The minimum absolute atomic E-state index is 0.0109. The third-order valence-corrected chi connectivity index (χ3v) is 4.94. The van der Waals surface area contributed by atoms with Crippen LogP contribution < -0.4 is 5.32 Å². The summed E-state index contributed by atoms with van der Waals surface area (Å²) in [6.45, 7) is 0.200. The lowest BCUT2D eigenvalue weighted by Gasteiger charge is -2.43. The minimum Gasteiger partial charge on any atom is -0.379 e. The van der Waals surface area contributed by atoms with Crippen LogP contribution in [-0.4, -0.2) is 48.1 Å². The number of hydrogen-bond acceptors (Lipinski definition) is 3. The highest BCUT2D eigenvalue weighted by Crippen LogP contribution is 2.36. The van der Waals surface area contributed by atoms with E-state index in [1.54, 1.807) is 12.0 Å². The molecule has 106 valence electrons. The van der Waals surface area contributed by atoms with Crippen LogP contribution in [0.4, 0.5) is 0 Å². The second-order valence-electron chi connectivity index (χ2n) is 6.04. The number of methoxy groups -OCH3 is 1. The number of amides is 2. The van der Waals surface area contributed by atoms with E-state index in [1.807, 2.05) is 0 Å². The number of hydrogen-bond donors (Lipinski definition) is 1. The second kappa shape index (κ2) is 4.78. The van der Waals surface area contributed by atoms with E-state index < -0.39 is 5.54 Å². The first-order valence-electron chi connectivity index (χ1n) is 7.31. The first kappa shape index (κ1) is 12.9. The van der Waals surface area contributed by atoms with Gasteiger partial charge in [0.1, 0.15) is 12.1 Å². The lowest BCUT2D eigenvalue weighted by Crippen LogP contribution is -2.68. The van der Waals surface area contributed by atoms with Crippen LogP contribution in [0.5, 0.6) is 0 Å². The minimum atomic E-state index is -0.601. The van der Waals surface area contributed by atoms with Crippen molar-refractivity contribution in [2.75, 3.05) is 13.7 Å². The van der Waals surface area contributed by atoms with Gasteiger partial charge in [-0.25, -0.2) is 0 Å². The molecule has 2 atom stereocenters. The van der Waals surface area contributed by atoms with Crippen LogP contribution in [0.3, 0.4) is 0 Å². The smallest absolute Gasteiger partial charge is 0.249 e. The highest BCUT2D eigenvalue weighted by Gasteiger charge is 2.51. The Kier molecular flexibility index (Phi) is 3.25. The zero-order valence-corrected chi connectivity index (χ0v) is 11.5. The highest BCUT2D eigenvalue weighted by molar-refractivity contribution is 5.98. The molecule has 3 aliphatic rings. The molecule has 1 aliphatic heterocycles. The molecule has 19 heavy (non-hydrogen) atoms. The zero-order valence-electron chi connectivity index (χ0n) is 11.5. The van der Waals surface area contributed by atoms with E-state index in [9.17, 15) is 9.59 Å². The lowest BCUT2D eigenvalue weighted by atomic mass is 9.91. The van der Waals surface area contributed by atoms with Crippen molar-refractivity contribution in [2.45, 2.75) is 62.6 Å². The summed E-state index contributed by atoms with van der Waals surface area (Å²) in [6, 6.07) is 0.0843. The normalized spacial score (nSPS) is 34.1. The van der Waals surface area contributed by atoms with E-state index in [0.29, 0.717) is 0 Å². The number of nitrogens with one attached hydrogen (secondary N) is 1. The molecule has 1 heterocycles. The van der Waals surface area contributed by atoms with Crippen LogP contribution in [0.25, 0.3) is 0 Å². The van der Waals surface area contributed by atoms with Crippen LogP contribution in [0.15, 0.2) is 0 Å². The molecule has 5 heteroatoms. The molecule has 2 saturated carbocycles. The Balaban J connectivity index is 1.84. The van der Waals surface area contributed by atoms with Crippen molar-refractivity contribution in [1.82, 2.24) is 10.2 Å². The van der Waals surface area contributed by atoms with Gasteiger partial charge in [0.2, 0.25) is 11.8 Å². The van der Waals surface area contributed by atoms with Crippen LogP contribution in [0.1, 0.15) is 44.9 Å². The first-order chi connectivity index (χ1) is 9.16. The maximum atomic E-state index is 12.8. The Morgan fingerprint density at radius 2 is 1.95 bits per heavy atom. The highest BCUT2D eigenvalue weighted by atomic mass is 16.5. The number of piperazine rings is 1. The average Bonchev–Trinajstić information content (AvgIpc) is 3.03. The number of rotatable bonds is 2. The van der Waals surface area contributed by atoms with Gasteiger partial charge >= 0.3 is 0 Å². The maximum Gasteiger partial charge on any atom is 0.249 e. The quantitative estimate of drug-likeness (QED) is 0.805. The fourth-order valence-corrected chi connectivity index (χ4v) is 3.98. The summed E-state index contributed by atoms with van der Waals surface area (Å²) in [5.41, 5.74) is -0.601. The molecule has 1 N–H and O–H groups in total. The average molecular weight is 266 g/mol. The van der Waals surface area contributed by atoms with Gasteiger partial charge in [-0.2, -0.15) is 0 Å². The van der Waals surface area contributed by atoms with E-state index in [1.165, 1.54) is 0 Å². The molecule has 0 aromatic rings. The van der Waals surface area contributed by atoms with Gasteiger partial charge < -0.3 is 15.0 Å². The molecular weight excluding hydrogens is 244 g/mol. The Morgan fingerprint density at radius 3 is 2.63 bits per heavy atom. The van der Waals surface area contributed by atoms with Crippen molar-refractivity contribution in [2.24, 2.45) is 0 Å². The Labute approximate surface area is 113 Å². The largest absolute Gasteiger partial charge is 0.379 e. The summed E-state index contributed by atoms with van der Waals surface area (Å²) in [6.07, 6.45) is 6.73. The monoisotopic (exact) mass is 266 g/mol. The molecule has 3 fully saturated rings. The van der Waals surface area contributed by atoms with E-state index in [-0.39, 0.29) is 30.5 Å². The molecule has 1 saturated heterocycles. The van der Waals surface area contributed by atoms with Gasteiger partial charge in [-0.3, -0.25) is 9.59 Å². The molecule has 2 aliphatic carbocycles. The number of carbonyl (C=O) groups excluding carboxylic acids is 2. The molecule has 2 amide bonds. The van der Waals surface area contributed by atoms with Crippen LogP contribution in [0.2, 0.25) is 0 Å². The van der Waals surface area contributed by atoms with Gasteiger partial charge in [-0.1, -0.05) is 12.8 Å². The van der Waals surface area contributed by atoms with Crippen LogP contribution in [-0.2, 0) is 14.3 Å². The fraction of sp³-hybridized carbons (Fsp3) is 0.857. The van der Waals surface area contributed by atoms with Crippen molar-refractivity contribution < 1.29 is 14.3 Å². The van der Waals surface area contributed by atoms with Crippen molar-refractivity contribution in [3.05, 3.63) is 0 Å². The molecule has 0 radical (unpaired) electrons. The number of carbonyl (C=O) groups is 2. The lowest BCUT2D eigenvalue weighted by molar-refractivity contribution is -0.154. The van der Waals surface area contributed by atoms with Gasteiger partial charge in [0.15, 0.2) is 0 Å². The van der Waals surface area contributed by atoms with Crippen LogP contribution in [0, 0.1) is 0 Å². The van der Waals surface area contributed by atoms with E-state index in [0.717, 1.165) is 44.9 Å². The third-order valence-electron chi connectivity index (χ3n) is 4.94. The summed E-state index contributed by atoms with van der Waals surface area (Å²) in [5, 5.41) is 2.96. The summed E-state index contributed by atoms with van der Waals surface area (Å²) >= 11 is 0. The maximum absolute atomic E-state index is 12.8. The number of nitrogens with zero attached hydrogens (tertiary/aromatic N) is 1. The summed E-state index contributed by atoms with van der Waals surface area (Å²) < 4.78 is 5.49. The molecule has 0 aromatic carbocycles. The predicted octanol–water partition coefficient (Wildman–Crippen LogP) is 0.825. The molecular formula is C14H22N2O3. The van der Waals surface area contributed by atoms with Gasteiger partial charge in [0, 0.05) is 7.11 Å². The third kappa shape index (κ3) is 2.04. The Bertz CT molecular complexity index is 390. The predicted molar refractivity (Wildman–Crippen MR) is 69.5 cm³/mol. The van der Waals surface area contributed by atoms with Crippen molar-refractivity contribution in [1.29, 1.82) is 0 Å². The van der Waals surface area contributed by atoms with Gasteiger partial charge in [0.05, 0.1) is 12.1 Å². The van der Waals surface area contributed by atoms with Gasteiger partial charge in [-0.05, 0) is 32.1 Å². The molecule has 5 nitrogen and oxygen atoms in total. The van der Waals surface area contributed by atoms with Gasteiger partial charge in [-0.15, -0.1) is 0 Å². The van der Waals surface area contributed by atoms with E-state index >= 15 is 0 Å². The SMILES string of the molecule is COC1CCCC1N1CC(=O)NC2(CCCC2)C1=O. The van der Waals surface area contributed by atoms with Crippen molar-refractivity contribution >= 4 is 11.8 Å². The fourth-order valence-electron chi connectivity index (χ4n) is 3.98. The van der Waals surface area contributed by atoms with E-state index in [2.05, 4.69) is 5.32 Å². The zero-order chi connectivity index (χ0) is 13.5. The topological polar surface area (TPSA) is 58.6 Å².